The molecule has 2 atom stereocenters. The Morgan fingerprint density at radius 2 is 1.80 bits per heavy atom. The van der Waals surface area contributed by atoms with Gasteiger partial charge < -0.3 is 15.2 Å². The first-order chi connectivity index (χ1) is 12.1. The maximum absolute atomic E-state index is 12.0. The minimum Gasteiger partial charge on any atom is -0.481 e. The number of aliphatic carboxylic acids is 1. The number of hydrogen-bond acceptors (Lipinski definition) is 4. The lowest BCUT2D eigenvalue weighted by atomic mass is 9.48. The molecule has 5 nitrogen and oxygen atoms in total. The Hall–Kier alpha value is -1.88. The van der Waals surface area contributed by atoms with Crippen molar-refractivity contribution in [2.24, 2.45) is 23.2 Å². The van der Waals surface area contributed by atoms with Gasteiger partial charge in [0.25, 0.3) is 0 Å². The highest BCUT2D eigenvalue weighted by atomic mass is 16.5. The number of carboxylic acid groups (broad SMARTS) is 1. The monoisotopic (exact) mass is 343 g/mol. The van der Waals surface area contributed by atoms with Crippen molar-refractivity contribution in [1.29, 1.82) is 0 Å². The van der Waals surface area contributed by atoms with Gasteiger partial charge in [-0.05, 0) is 55.4 Å². The molecule has 0 saturated heterocycles. The van der Waals surface area contributed by atoms with Crippen molar-refractivity contribution in [1.82, 2.24) is 5.32 Å². The Bertz CT molecular complexity index is 643. The molecular weight excluding hydrogens is 318 g/mol. The second-order valence-corrected chi connectivity index (χ2v) is 8.11. The molecule has 0 radical (unpaired) electrons. The van der Waals surface area contributed by atoms with Gasteiger partial charge in [0.05, 0.1) is 12.0 Å². The largest absolute Gasteiger partial charge is 0.481 e. The van der Waals surface area contributed by atoms with Crippen molar-refractivity contribution in [3.63, 3.8) is 0 Å². The lowest BCUT2D eigenvalue weighted by molar-refractivity contribution is -0.168. The number of benzene rings is 1. The van der Waals surface area contributed by atoms with E-state index in [1.54, 1.807) is 0 Å². The topological polar surface area (TPSA) is 75.6 Å². The van der Waals surface area contributed by atoms with Gasteiger partial charge in [-0.3, -0.25) is 9.59 Å². The van der Waals surface area contributed by atoms with Crippen LogP contribution in [0.25, 0.3) is 0 Å². The molecule has 4 aliphatic carbocycles. The number of carbonyl (C=O) groups is 2. The van der Waals surface area contributed by atoms with Crippen molar-refractivity contribution in [2.45, 2.75) is 44.8 Å². The summed E-state index contributed by atoms with van der Waals surface area (Å²) in [6, 6.07) is 9.91. The summed E-state index contributed by atoms with van der Waals surface area (Å²) >= 11 is 0. The van der Waals surface area contributed by atoms with Crippen LogP contribution < -0.4 is 5.32 Å². The fraction of sp³-hybridized carbons (Fsp3) is 0.600. The maximum Gasteiger partial charge on any atom is 0.320 e. The molecule has 5 rings (SSSR count). The highest BCUT2D eigenvalue weighted by Gasteiger charge is 2.58. The van der Waals surface area contributed by atoms with E-state index < -0.39 is 11.4 Å². The first-order valence-corrected chi connectivity index (χ1v) is 9.22. The van der Waals surface area contributed by atoms with Crippen LogP contribution >= 0.6 is 0 Å². The Morgan fingerprint density at radius 3 is 2.44 bits per heavy atom. The van der Waals surface area contributed by atoms with E-state index in [1.807, 2.05) is 30.3 Å². The average molecular weight is 343 g/mol. The molecule has 25 heavy (non-hydrogen) atoms. The minimum atomic E-state index is -0.618. The fourth-order valence-corrected chi connectivity index (χ4v) is 5.61. The van der Waals surface area contributed by atoms with Gasteiger partial charge in [0.2, 0.25) is 0 Å². The van der Waals surface area contributed by atoms with Crippen LogP contribution in [0, 0.1) is 23.2 Å². The van der Waals surface area contributed by atoms with E-state index in [9.17, 15) is 14.7 Å². The van der Waals surface area contributed by atoms with Crippen LogP contribution in [0.3, 0.4) is 0 Å². The summed E-state index contributed by atoms with van der Waals surface area (Å²) in [4.78, 5) is 23.8. The zero-order valence-corrected chi connectivity index (χ0v) is 14.3. The van der Waals surface area contributed by atoms with Crippen molar-refractivity contribution >= 4 is 11.9 Å². The molecule has 2 unspecified atom stereocenters. The molecule has 4 aliphatic rings. The summed E-state index contributed by atoms with van der Waals surface area (Å²) < 4.78 is 5.33. The van der Waals surface area contributed by atoms with Crippen molar-refractivity contribution in [2.75, 3.05) is 6.54 Å². The third-order valence-corrected chi connectivity index (χ3v) is 6.45. The molecule has 134 valence electrons. The molecule has 4 fully saturated rings. The van der Waals surface area contributed by atoms with Crippen LogP contribution in [0.15, 0.2) is 30.3 Å². The Kier molecular flexibility index (Phi) is 4.28. The Balaban J connectivity index is 1.30. The number of carbonyl (C=O) groups excluding carboxylic acids is 1. The lowest BCUT2D eigenvalue weighted by Crippen LogP contribution is -2.60. The van der Waals surface area contributed by atoms with Crippen LogP contribution in [0.1, 0.15) is 37.7 Å². The zero-order chi connectivity index (χ0) is 17.4. The van der Waals surface area contributed by atoms with E-state index in [0.29, 0.717) is 24.4 Å². The highest BCUT2D eigenvalue weighted by Crippen LogP contribution is 2.60. The van der Waals surface area contributed by atoms with E-state index in [2.05, 4.69) is 5.32 Å². The number of esters is 1. The smallest absolute Gasteiger partial charge is 0.320 e. The molecule has 4 bridgehead atoms. The van der Waals surface area contributed by atoms with E-state index >= 15 is 0 Å². The van der Waals surface area contributed by atoms with Crippen molar-refractivity contribution in [3.05, 3.63) is 35.9 Å². The molecule has 5 heteroatoms. The predicted octanol–water partition coefficient (Wildman–Crippen LogP) is 2.60. The van der Waals surface area contributed by atoms with E-state index in [-0.39, 0.29) is 18.6 Å². The van der Waals surface area contributed by atoms with Crippen molar-refractivity contribution < 1.29 is 19.4 Å². The van der Waals surface area contributed by atoms with Gasteiger partial charge in [0.1, 0.15) is 6.61 Å². The van der Waals surface area contributed by atoms with Gasteiger partial charge in [0.15, 0.2) is 0 Å². The van der Waals surface area contributed by atoms with Crippen LogP contribution in [0.5, 0.6) is 0 Å². The predicted molar refractivity (Wildman–Crippen MR) is 91.7 cm³/mol. The summed E-state index contributed by atoms with van der Waals surface area (Å²) in [7, 11) is 0. The summed E-state index contributed by atoms with van der Waals surface area (Å²) in [6.45, 7) is 0.498. The lowest BCUT2D eigenvalue weighted by Gasteiger charge is -2.58. The Morgan fingerprint density at radius 1 is 1.12 bits per heavy atom. The normalized spacial score (nSPS) is 35.5. The summed E-state index contributed by atoms with van der Waals surface area (Å²) in [6.07, 6.45) is 4.56. The zero-order valence-electron chi connectivity index (χ0n) is 14.3. The molecule has 1 aromatic carbocycles. The molecule has 0 amide bonds. The third kappa shape index (κ3) is 3.17. The third-order valence-electron chi connectivity index (χ3n) is 6.45. The van der Waals surface area contributed by atoms with Crippen molar-refractivity contribution in [3.8, 4) is 0 Å². The van der Waals surface area contributed by atoms with Gasteiger partial charge in [-0.25, -0.2) is 0 Å². The first kappa shape index (κ1) is 16.6. The fourth-order valence-electron chi connectivity index (χ4n) is 5.61. The maximum atomic E-state index is 12.0. The number of nitrogens with one attached hydrogen (secondary N) is 1. The van der Waals surface area contributed by atoms with Crippen LogP contribution in [0.4, 0.5) is 0 Å². The quantitative estimate of drug-likeness (QED) is 0.777. The molecular formula is C20H25NO4. The van der Waals surface area contributed by atoms with Crippen LogP contribution in [0.2, 0.25) is 0 Å². The summed E-state index contributed by atoms with van der Waals surface area (Å²) in [5.74, 6) is 0.448. The van der Waals surface area contributed by atoms with E-state index in [0.717, 1.165) is 37.7 Å². The standard InChI is InChI=1S/C20H25NO4/c22-17(25-12-13-4-2-1-3-5-13)11-21-18-15-6-14-7-16(18)10-20(8-14,9-15)19(23)24/h1-5,14-16,18,21H,6-12H2,(H,23,24). The minimum absolute atomic E-state index is 0.204. The van der Waals surface area contributed by atoms with Gasteiger partial charge in [-0.15, -0.1) is 0 Å². The second-order valence-electron chi connectivity index (χ2n) is 8.11. The van der Waals surface area contributed by atoms with Crippen LogP contribution in [-0.2, 0) is 20.9 Å². The number of rotatable bonds is 6. The first-order valence-electron chi connectivity index (χ1n) is 9.22. The van der Waals surface area contributed by atoms with Gasteiger partial charge in [-0.2, -0.15) is 0 Å². The Labute approximate surface area is 147 Å². The molecule has 0 aromatic heterocycles. The molecule has 0 heterocycles. The SMILES string of the molecule is O=C(CNC1C2CC3CC1CC(C(=O)O)(C3)C2)OCc1ccccc1. The van der Waals surface area contributed by atoms with Crippen LogP contribution in [-0.4, -0.2) is 29.6 Å². The molecule has 1 aromatic rings. The molecule has 4 saturated carbocycles. The average Bonchev–Trinajstić information content (AvgIpc) is 2.59. The number of hydrogen-bond donors (Lipinski definition) is 2. The summed E-state index contributed by atoms with van der Waals surface area (Å²) in [5.41, 5.74) is 0.483. The van der Waals surface area contributed by atoms with Gasteiger partial charge in [0, 0.05) is 6.04 Å². The molecule has 0 aliphatic heterocycles. The van der Waals surface area contributed by atoms with Gasteiger partial charge >= 0.3 is 11.9 Å². The second kappa shape index (κ2) is 6.45. The van der Waals surface area contributed by atoms with E-state index in [1.165, 1.54) is 0 Å². The van der Waals surface area contributed by atoms with Gasteiger partial charge in [-0.1, -0.05) is 30.3 Å². The summed E-state index contributed by atoms with van der Waals surface area (Å²) in [5, 5.41) is 13.1. The molecule has 0 spiro atoms. The van der Waals surface area contributed by atoms with E-state index in [4.69, 9.17) is 4.74 Å². The highest BCUT2D eigenvalue weighted by molar-refractivity contribution is 5.75. The number of carboxylic acids is 1. The molecule has 2 N–H and O–H groups in total. The number of ether oxygens (including phenoxy) is 1.